The number of carboxylic acid groups (broad SMARTS) is 2. The van der Waals surface area contributed by atoms with Gasteiger partial charge in [-0.1, -0.05) is 77.4 Å². The predicted octanol–water partition coefficient (Wildman–Crippen LogP) is 1.06. The van der Waals surface area contributed by atoms with E-state index in [2.05, 4.69) is 0 Å². The van der Waals surface area contributed by atoms with Gasteiger partial charge in [0.2, 0.25) is 12.6 Å². The van der Waals surface area contributed by atoms with Crippen LogP contribution in [0.15, 0.2) is 68.9 Å². The van der Waals surface area contributed by atoms with E-state index < -0.39 is 192 Å². The molecule has 0 saturated heterocycles. The fourth-order valence-electron chi connectivity index (χ4n) is 11.0. The molecule has 0 aromatic carbocycles. The summed E-state index contributed by atoms with van der Waals surface area (Å²) in [5, 5.41) is 116. The molecule has 0 bridgehead atoms. The number of aliphatic hydroxyl groups is 8. The maximum Gasteiger partial charge on any atom is 0.345 e. The number of unbranched alkanes of at least 4 members (excludes halogenated alkanes) is 6. The van der Waals surface area contributed by atoms with E-state index in [-0.39, 0.29) is 49.7 Å². The van der Waals surface area contributed by atoms with E-state index in [0.717, 1.165) is 25.0 Å². The van der Waals surface area contributed by atoms with Crippen LogP contribution in [0.2, 0.25) is 0 Å². The molecule has 23 nitrogen and oxygen atoms in total. The largest absolute Gasteiger partial charge is 0.478 e. The van der Waals surface area contributed by atoms with Crippen molar-refractivity contribution >= 4 is 47.8 Å². The highest BCUT2D eigenvalue weighted by atomic mass is 16.6. The molecule has 10 N–H and O–H groups in total. The average molecular weight is 1060 g/mol. The molecule has 0 spiro atoms. The summed E-state index contributed by atoms with van der Waals surface area (Å²) in [7, 11) is 0. The van der Waals surface area contributed by atoms with Gasteiger partial charge >= 0.3 is 47.8 Å². The summed E-state index contributed by atoms with van der Waals surface area (Å²) in [5.74, 6) is -19.6. The first kappa shape index (κ1) is 58.3. The normalized spacial score (nSPS) is 31.9. The Bertz CT molecular complexity index is 2260. The van der Waals surface area contributed by atoms with Crippen LogP contribution in [0.3, 0.4) is 0 Å². The molecule has 6 rings (SSSR count). The predicted molar refractivity (Wildman–Crippen MR) is 252 cm³/mol. The Labute approximate surface area is 430 Å². The minimum absolute atomic E-state index is 0.113. The molecule has 0 radical (unpaired) electrons. The van der Waals surface area contributed by atoms with Crippen LogP contribution in [0.4, 0.5) is 0 Å². The number of aliphatic hydroxyl groups excluding tert-OH is 8. The maximum absolute atomic E-state index is 15.0. The highest BCUT2D eigenvalue weighted by Gasteiger charge is 2.52. The molecular formula is C52H66O23. The molecule has 4 heterocycles. The lowest BCUT2D eigenvalue weighted by molar-refractivity contribution is -0.159. The molecule has 6 aliphatic rings. The SMILES string of the molecule is CCCCCCC(O)C1C2=C(CC(C(O)C3CC=CC(=O)O3)C/C(C(=O)O)=C(/C(=O)OC(=O)/C3=C(\C(=O)O)CC(C(O)C4CC=CC(=O)O4)CC4=C(C(=O)OC4O)C(C(O)CCCCCC)C3O)C1O)C(O)OC2=O. The first-order chi connectivity index (χ1) is 35.6. The molecule has 23 heteroatoms. The van der Waals surface area contributed by atoms with Crippen LogP contribution in [-0.4, -0.2) is 160 Å². The quantitative estimate of drug-likeness (QED) is 0.0353. The molecule has 0 fully saturated rings. The molecule has 2 aliphatic carbocycles. The fourth-order valence-corrected chi connectivity index (χ4v) is 11.0. The van der Waals surface area contributed by atoms with Crippen LogP contribution >= 0.6 is 0 Å². The summed E-state index contributed by atoms with van der Waals surface area (Å²) in [5.41, 5.74) is -6.74. The minimum atomic E-state index is -2.64. The lowest BCUT2D eigenvalue weighted by Gasteiger charge is -2.31. The number of aliphatic carboxylic acids is 2. The second-order valence-electron chi connectivity index (χ2n) is 19.8. The van der Waals surface area contributed by atoms with Gasteiger partial charge in [0.25, 0.3) is 0 Å². The molecule has 0 amide bonds. The Morgan fingerprint density at radius 3 is 1.27 bits per heavy atom. The van der Waals surface area contributed by atoms with Gasteiger partial charge in [-0.15, -0.1) is 0 Å². The Balaban J connectivity index is 1.54. The standard InChI is InChI=1S/C52H66O23/c1-3-5-7-9-13-29(53)39-35-27(47(65)73-49(35)67)21-23(41(57)31-15-11-17-33(55)71-31)19-25(45(61)62)37(43(39)59)51(69)75-52(70)38-26(46(63)64)20-24(42(58)32-16-12-18-34(56)72-32)22-28-36(50(68)74-48(28)66)40(44(38)60)30(54)14-10-8-6-4-2/h11-12,17-18,23-24,29-32,39-44,47-48,53-54,57-60,65-66H,3-10,13-16,19-22H2,1-2H3,(H,61,62)(H,63,64)/b37-25-,38-26-. The van der Waals surface area contributed by atoms with Gasteiger partial charge in [-0.05, 0) is 50.4 Å². The van der Waals surface area contributed by atoms with Crippen LogP contribution in [-0.2, 0) is 62.0 Å². The molecule has 4 aliphatic heterocycles. The van der Waals surface area contributed by atoms with Crippen LogP contribution in [0, 0.1) is 23.7 Å². The number of cyclic esters (lactones) is 4. The molecule has 14 unspecified atom stereocenters. The van der Waals surface area contributed by atoms with Gasteiger partial charge in [-0.2, -0.15) is 0 Å². The Morgan fingerprint density at radius 1 is 0.560 bits per heavy atom. The Hall–Kier alpha value is -5.92. The smallest absolute Gasteiger partial charge is 0.345 e. The Kier molecular flexibility index (Phi) is 20.0. The van der Waals surface area contributed by atoms with E-state index in [9.17, 15) is 89.4 Å². The van der Waals surface area contributed by atoms with Crippen molar-refractivity contribution in [2.45, 2.75) is 178 Å². The van der Waals surface area contributed by atoms with Crippen molar-refractivity contribution in [3.8, 4) is 0 Å². The number of rotatable bonds is 20. The number of carboxylic acids is 2. The van der Waals surface area contributed by atoms with E-state index in [1.807, 2.05) is 13.8 Å². The van der Waals surface area contributed by atoms with Crippen molar-refractivity contribution in [3.63, 3.8) is 0 Å². The van der Waals surface area contributed by atoms with E-state index in [1.165, 1.54) is 12.2 Å². The third kappa shape index (κ3) is 13.2. The van der Waals surface area contributed by atoms with Crippen molar-refractivity contribution in [2.24, 2.45) is 23.7 Å². The number of carbonyl (C=O) groups excluding carboxylic acids is 6. The van der Waals surface area contributed by atoms with Crippen molar-refractivity contribution in [1.82, 2.24) is 0 Å². The summed E-state index contributed by atoms with van der Waals surface area (Å²) in [6.07, 6.45) is -14.1. The van der Waals surface area contributed by atoms with Crippen molar-refractivity contribution in [1.29, 1.82) is 0 Å². The second-order valence-corrected chi connectivity index (χ2v) is 19.8. The molecule has 0 aromatic rings. The number of hydrogen-bond donors (Lipinski definition) is 10. The molecule has 0 aromatic heterocycles. The summed E-state index contributed by atoms with van der Waals surface area (Å²) in [4.78, 5) is 109. The maximum atomic E-state index is 15.0. The van der Waals surface area contributed by atoms with Gasteiger partial charge < -0.3 is 74.7 Å². The van der Waals surface area contributed by atoms with Crippen LogP contribution in [0.1, 0.15) is 117 Å². The molecule has 0 saturated carbocycles. The summed E-state index contributed by atoms with van der Waals surface area (Å²) >= 11 is 0. The summed E-state index contributed by atoms with van der Waals surface area (Å²) in [6.45, 7) is 3.80. The van der Waals surface area contributed by atoms with E-state index in [0.29, 0.717) is 25.7 Å². The second kappa shape index (κ2) is 25.7. The third-order valence-electron chi connectivity index (χ3n) is 14.8. The van der Waals surface area contributed by atoms with Gasteiger partial charge in [0.15, 0.2) is 0 Å². The monoisotopic (exact) mass is 1060 g/mol. The van der Waals surface area contributed by atoms with Crippen LogP contribution in [0.5, 0.6) is 0 Å². The zero-order valence-corrected chi connectivity index (χ0v) is 41.5. The molecule has 412 valence electrons. The van der Waals surface area contributed by atoms with Crippen molar-refractivity contribution in [3.05, 3.63) is 68.9 Å². The first-order valence-corrected chi connectivity index (χ1v) is 25.4. The summed E-state index contributed by atoms with van der Waals surface area (Å²) in [6, 6.07) is 0. The highest BCUT2D eigenvalue weighted by molar-refractivity contribution is 6.09. The van der Waals surface area contributed by atoms with Crippen LogP contribution < -0.4 is 0 Å². The van der Waals surface area contributed by atoms with Crippen molar-refractivity contribution in [2.75, 3.05) is 0 Å². The zero-order chi connectivity index (χ0) is 55.0. The van der Waals surface area contributed by atoms with E-state index in [4.69, 9.17) is 23.7 Å². The molecule has 14 atom stereocenters. The zero-order valence-electron chi connectivity index (χ0n) is 41.5. The van der Waals surface area contributed by atoms with Gasteiger partial charge in [0, 0.05) is 48.0 Å². The Morgan fingerprint density at radius 2 is 0.933 bits per heavy atom. The fraction of sp³-hybridized carbons (Fsp3) is 0.615. The number of carbonyl (C=O) groups is 8. The van der Waals surface area contributed by atoms with Crippen LogP contribution in [0.25, 0.3) is 0 Å². The van der Waals surface area contributed by atoms with Gasteiger partial charge in [0.05, 0.1) is 70.1 Å². The third-order valence-corrected chi connectivity index (χ3v) is 14.8. The molecule has 75 heavy (non-hydrogen) atoms. The van der Waals surface area contributed by atoms with E-state index in [1.54, 1.807) is 0 Å². The van der Waals surface area contributed by atoms with Crippen molar-refractivity contribution < 1.29 is 113 Å². The van der Waals surface area contributed by atoms with Gasteiger partial charge in [0.1, 0.15) is 12.2 Å². The first-order valence-electron chi connectivity index (χ1n) is 25.4. The lowest BCUT2D eigenvalue weighted by Crippen LogP contribution is -2.42. The van der Waals surface area contributed by atoms with Gasteiger partial charge in [-0.3, -0.25) is 0 Å². The highest BCUT2D eigenvalue weighted by Crippen LogP contribution is 2.45. The van der Waals surface area contributed by atoms with Gasteiger partial charge in [-0.25, -0.2) is 38.4 Å². The number of esters is 6. The minimum Gasteiger partial charge on any atom is -0.478 e. The molecular weight excluding hydrogens is 993 g/mol. The topological polar surface area (TPSA) is 385 Å². The number of hydrogen-bond acceptors (Lipinski definition) is 21. The number of ether oxygens (including phenoxy) is 5. The van der Waals surface area contributed by atoms with E-state index >= 15 is 0 Å². The lowest BCUT2D eigenvalue weighted by atomic mass is 9.79. The summed E-state index contributed by atoms with van der Waals surface area (Å²) < 4.78 is 26.2. The average Bonchev–Trinajstić information content (AvgIpc) is 3.82.